The first kappa shape index (κ1) is 25.5. The maximum Gasteiger partial charge on any atom is 0.334 e. The molecule has 0 bridgehead atoms. The van der Waals surface area contributed by atoms with Gasteiger partial charge in [0.15, 0.2) is 12.1 Å². The Morgan fingerprint density at radius 3 is 2.11 bits per heavy atom. The molecule has 3 atom stereocenters. The predicted octanol–water partition coefficient (Wildman–Crippen LogP) is 4.79. The van der Waals surface area contributed by atoms with Crippen molar-refractivity contribution in [3.63, 3.8) is 0 Å². The maximum absolute atomic E-state index is 13.8. The quantitative estimate of drug-likeness (QED) is 0.248. The molecule has 38 heavy (non-hydrogen) atoms. The Hall–Kier alpha value is -4.10. The second-order valence-electron chi connectivity index (χ2n) is 9.21. The zero-order chi connectivity index (χ0) is 26.5. The third kappa shape index (κ3) is 5.29. The van der Waals surface area contributed by atoms with E-state index in [4.69, 9.17) is 4.74 Å². The Balaban J connectivity index is 1.36. The van der Waals surface area contributed by atoms with Gasteiger partial charge in [0, 0.05) is 0 Å². The van der Waals surface area contributed by atoms with Crippen molar-refractivity contribution in [3.8, 4) is 0 Å². The van der Waals surface area contributed by atoms with E-state index in [1.807, 2.05) is 96.4 Å². The highest BCUT2D eigenvalue weighted by atomic mass is 32.2. The number of nitrogens with one attached hydrogen (secondary N) is 1. The van der Waals surface area contributed by atoms with E-state index in [2.05, 4.69) is 11.9 Å². The van der Waals surface area contributed by atoms with Crippen LogP contribution in [0.25, 0.3) is 0 Å². The summed E-state index contributed by atoms with van der Waals surface area (Å²) in [5.41, 5.74) is 3.29. The lowest BCUT2D eigenvalue weighted by atomic mass is 9.95. The largest absolute Gasteiger partial charge is 0.451 e. The number of carbonyl (C=O) groups excluding carboxylic acids is 3. The average Bonchev–Trinajstić information content (AvgIpc) is 2.96. The molecular weight excluding hydrogens is 496 g/mol. The van der Waals surface area contributed by atoms with Crippen molar-refractivity contribution in [2.24, 2.45) is 0 Å². The van der Waals surface area contributed by atoms with Crippen LogP contribution in [0, 0.1) is 0 Å². The van der Waals surface area contributed by atoms with E-state index in [0.717, 1.165) is 22.3 Å². The number of hydrogen-bond acceptors (Lipinski definition) is 5. The van der Waals surface area contributed by atoms with Crippen LogP contribution in [0.2, 0.25) is 0 Å². The number of hydrogen-bond donors (Lipinski definition) is 1. The van der Waals surface area contributed by atoms with Gasteiger partial charge in [-0.05, 0) is 34.1 Å². The topological polar surface area (TPSA) is 75.7 Å². The molecule has 2 unspecified atom stereocenters. The molecule has 0 aliphatic carbocycles. The van der Waals surface area contributed by atoms with Gasteiger partial charge in [-0.2, -0.15) is 0 Å². The molecule has 2 aliphatic rings. The summed E-state index contributed by atoms with van der Waals surface area (Å²) in [7, 11) is 0. The van der Waals surface area contributed by atoms with Gasteiger partial charge < -0.3 is 15.0 Å². The highest BCUT2D eigenvalue weighted by molar-refractivity contribution is 8.02. The SMILES string of the molecule is C=CCC1=CS[C@@H]2C(NC(=O)Cc3ccccc3)C(=O)N2C1C(=O)OC(c1ccccc1)c1ccccc1. The Labute approximate surface area is 226 Å². The van der Waals surface area contributed by atoms with Gasteiger partial charge in [0.2, 0.25) is 11.8 Å². The number of allylic oxidation sites excluding steroid dienone is 1. The number of ether oxygens (including phenoxy) is 1. The summed E-state index contributed by atoms with van der Waals surface area (Å²) in [6, 6.07) is 26.9. The van der Waals surface area contributed by atoms with E-state index in [9.17, 15) is 14.4 Å². The summed E-state index contributed by atoms with van der Waals surface area (Å²) in [4.78, 5) is 41.3. The Kier molecular flexibility index (Phi) is 7.75. The lowest BCUT2D eigenvalue weighted by Crippen LogP contribution is -2.74. The molecule has 2 heterocycles. The molecule has 192 valence electrons. The molecule has 0 radical (unpaired) electrons. The molecule has 2 aliphatic heterocycles. The Bertz CT molecular complexity index is 1300. The van der Waals surface area contributed by atoms with Crippen molar-refractivity contribution in [2.75, 3.05) is 0 Å². The molecule has 1 N–H and O–H groups in total. The molecule has 0 aromatic heterocycles. The molecule has 3 aromatic rings. The van der Waals surface area contributed by atoms with Crippen LogP contribution in [0.3, 0.4) is 0 Å². The van der Waals surface area contributed by atoms with Gasteiger partial charge in [-0.25, -0.2) is 4.79 Å². The van der Waals surface area contributed by atoms with Gasteiger partial charge in [-0.15, -0.1) is 18.3 Å². The van der Waals surface area contributed by atoms with Crippen LogP contribution in [0.1, 0.15) is 29.2 Å². The van der Waals surface area contributed by atoms with Crippen molar-refractivity contribution >= 4 is 29.5 Å². The number of thioether (sulfide) groups is 1. The predicted molar refractivity (Wildman–Crippen MR) is 148 cm³/mol. The van der Waals surface area contributed by atoms with Crippen molar-refractivity contribution < 1.29 is 19.1 Å². The number of β-lactam (4-membered cyclic amide) rings is 1. The van der Waals surface area contributed by atoms with Gasteiger partial charge in [0.25, 0.3) is 0 Å². The first-order valence-electron chi connectivity index (χ1n) is 12.5. The van der Waals surface area contributed by atoms with Gasteiger partial charge >= 0.3 is 5.97 Å². The molecule has 1 saturated heterocycles. The third-order valence-corrected chi connectivity index (χ3v) is 7.85. The lowest BCUT2D eigenvalue weighted by molar-refractivity contribution is -0.165. The number of fused-ring (bicyclic) bond motifs is 1. The van der Waals surface area contributed by atoms with Gasteiger partial charge in [0.1, 0.15) is 11.4 Å². The first-order chi connectivity index (χ1) is 18.6. The van der Waals surface area contributed by atoms with E-state index in [-0.39, 0.29) is 23.6 Å². The van der Waals surface area contributed by atoms with Gasteiger partial charge in [-0.1, -0.05) is 97.1 Å². The standard InChI is InChI=1S/C31H28N2O4S/c1-2-12-24-20-38-30-26(32-25(34)19-21-13-6-3-7-14-21)29(35)33(30)27(24)31(36)37-28(22-15-8-4-9-16-22)23-17-10-5-11-18-23/h2-11,13-18,20,26-28,30H,1,12,19H2,(H,32,34)/t26?,27?,30-/m1/s1. The van der Waals surface area contributed by atoms with Crippen molar-refractivity contribution in [3.05, 3.63) is 131 Å². The number of nitrogens with zero attached hydrogens (tertiary/aromatic N) is 1. The summed E-state index contributed by atoms with van der Waals surface area (Å²) in [5, 5.41) is 4.37. The zero-order valence-electron chi connectivity index (χ0n) is 20.7. The fourth-order valence-corrected chi connectivity index (χ4v) is 6.04. The molecule has 0 saturated carbocycles. The Morgan fingerprint density at radius 2 is 1.53 bits per heavy atom. The summed E-state index contributed by atoms with van der Waals surface area (Å²) in [6.07, 6.45) is 1.71. The van der Waals surface area contributed by atoms with E-state index in [1.165, 1.54) is 16.7 Å². The zero-order valence-corrected chi connectivity index (χ0v) is 21.6. The molecule has 7 heteroatoms. The van der Waals surface area contributed by atoms with Crippen LogP contribution in [0.5, 0.6) is 0 Å². The Morgan fingerprint density at radius 1 is 0.947 bits per heavy atom. The fraction of sp³-hybridized carbons (Fsp3) is 0.194. The van der Waals surface area contributed by atoms with Crippen molar-refractivity contribution in [1.82, 2.24) is 10.2 Å². The van der Waals surface area contributed by atoms with Crippen LogP contribution < -0.4 is 5.32 Å². The molecule has 6 nitrogen and oxygen atoms in total. The number of amides is 2. The third-order valence-electron chi connectivity index (χ3n) is 6.63. The summed E-state index contributed by atoms with van der Waals surface area (Å²) in [5.74, 6) is -1.04. The number of benzene rings is 3. The first-order valence-corrected chi connectivity index (χ1v) is 13.4. The molecule has 2 amide bonds. The van der Waals surface area contributed by atoms with E-state index < -0.39 is 24.2 Å². The van der Waals surface area contributed by atoms with Crippen molar-refractivity contribution in [2.45, 2.75) is 36.4 Å². The molecular formula is C31H28N2O4S. The second-order valence-corrected chi connectivity index (χ2v) is 10.2. The summed E-state index contributed by atoms with van der Waals surface area (Å²) >= 11 is 1.43. The maximum atomic E-state index is 13.8. The highest BCUT2D eigenvalue weighted by Crippen LogP contribution is 2.42. The fourth-order valence-electron chi connectivity index (χ4n) is 4.80. The van der Waals surface area contributed by atoms with Crippen LogP contribution in [0.4, 0.5) is 0 Å². The van der Waals surface area contributed by atoms with Crippen LogP contribution in [0.15, 0.2) is 115 Å². The number of carbonyl (C=O) groups is 3. The minimum Gasteiger partial charge on any atom is -0.451 e. The summed E-state index contributed by atoms with van der Waals surface area (Å²) in [6.45, 7) is 3.82. The van der Waals surface area contributed by atoms with Crippen LogP contribution >= 0.6 is 11.8 Å². The van der Waals surface area contributed by atoms with Crippen molar-refractivity contribution in [1.29, 1.82) is 0 Å². The van der Waals surface area contributed by atoms with Gasteiger partial charge in [0.05, 0.1) is 6.42 Å². The van der Waals surface area contributed by atoms with Crippen LogP contribution in [-0.2, 0) is 25.5 Å². The van der Waals surface area contributed by atoms with E-state index >= 15 is 0 Å². The molecule has 1 fully saturated rings. The smallest absolute Gasteiger partial charge is 0.334 e. The highest BCUT2D eigenvalue weighted by Gasteiger charge is 2.56. The van der Waals surface area contributed by atoms with E-state index in [1.54, 1.807) is 6.08 Å². The average molecular weight is 525 g/mol. The minimum absolute atomic E-state index is 0.181. The number of rotatable bonds is 9. The lowest BCUT2D eigenvalue weighted by Gasteiger charge is -2.51. The minimum atomic E-state index is -0.885. The van der Waals surface area contributed by atoms with Gasteiger partial charge in [-0.3, -0.25) is 9.59 Å². The normalized spacial score (nSPS) is 20.1. The monoisotopic (exact) mass is 524 g/mol. The molecule has 5 rings (SSSR count). The molecule has 0 spiro atoms. The number of esters is 1. The summed E-state index contributed by atoms with van der Waals surface area (Å²) < 4.78 is 6.13. The van der Waals surface area contributed by atoms with Crippen LogP contribution in [-0.4, -0.2) is 40.1 Å². The van der Waals surface area contributed by atoms with E-state index in [0.29, 0.717) is 6.42 Å². The molecule has 3 aromatic carbocycles. The second kappa shape index (κ2) is 11.5.